The highest BCUT2D eigenvalue weighted by Crippen LogP contribution is 2.29. The van der Waals surface area contributed by atoms with Crippen LogP contribution in [0.15, 0.2) is 18.2 Å². The van der Waals surface area contributed by atoms with Crippen LogP contribution in [0.25, 0.3) is 0 Å². The van der Waals surface area contributed by atoms with Gasteiger partial charge in [-0.3, -0.25) is 0 Å². The smallest absolute Gasteiger partial charge is 0.125 e. The molecule has 20 heavy (non-hydrogen) atoms. The number of hydrogen-bond donors (Lipinski definition) is 1. The van der Waals surface area contributed by atoms with E-state index in [1.54, 1.807) is 0 Å². The van der Waals surface area contributed by atoms with Crippen LogP contribution < -0.4 is 10.1 Å². The molecular weight excluding hydrogens is 270 g/mol. The molecule has 2 nitrogen and oxygen atoms in total. The Hall–Kier alpha value is -0.730. The first kappa shape index (κ1) is 15.7. The highest BCUT2D eigenvalue weighted by molar-refractivity contribution is 6.31. The molecule has 0 heterocycles. The van der Waals surface area contributed by atoms with Crippen molar-refractivity contribution in [1.82, 2.24) is 5.32 Å². The van der Waals surface area contributed by atoms with Crippen LogP contribution in [0.3, 0.4) is 0 Å². The van der Waals surface area contributed by atoms with Crippen molar-refractivity contribution in [3.05, 3.63) is 28.8 Å². The Labute approximate surface area is 127 Å². The van der Waals surface area contributed by atoms with Gasteiger partial charge in [0, 0.05) is 23.2 Å². The average molecular weight is 296 g/mol. The van der Waals surface area contributed by atoms with Gasteiger partial charge in [0.1, 0.15) is 5.75 Å². The normalized spacial score (nSPS) is 16.6. The molecule has 2 rings (SSSR count). The van der Waals surface area contributed by atoms with Crippen molar-refractivity contribution in [3.8, 4) is 5.75 Å². The largest absolute Gasteiger partial charge is 0.493 e. The molecule has 0 unspecified atom stereocenters. The third kappa shape index (κ3) is 4.68. The van der Waals surface area contributed by atoms with E-state index < -0.39 is 0 Å². The third-order valence-corrected chi connectivity index (χ3v) is 4.32. The van der Waals surface area contributed by atoms with Gasteiger partial charge in [0.15, 0.2) is 0 Å². The fraction of sp³-hybridized carbons (Fsp3) is 0.647. The molecule has 0 aromatic heterocycles. The molecule has 0 atom stereocenters. The minimum Gasteiger partial charge on any atom is -0.493 e. The lowest BCUT2D eigenvalue weighted by Crippen LogP contribution is -2.23. The van der Waals surface area contributed by atoms with Crippen LogP contribution in [-0.2, 0) is 6.54 Å². The van der Waals surface area contributed by atoms with Crippen LogP contribution in [0, 0.1) is 5.92 Å². The molecule has 1 aliphatic rings. The summed E-state index contributed by atoms with van der Waals surface area (Å²) in [5, 5.41) is 4.21. The van der Waals surface area contributed by atoms with Gasteiger partial charge in [0.05, 0.1) is 6.61 Å². The average Bonchev–Trinajstić information content (AvgIpc) is 2.45. The zero-order valence-electron chi connectivity index (χ0n) is 12.6. The van der Waals surface area contributed by atoms with Crippen molar-refractivity contribution in [2.75, 3.05) is 6.61 Å². The number of halogens is 1. The van der Waals surface area contributed by atoms with Crippen molar-refractivity contribution >= 4 is 11.6 Å². The minimum absolute atomic E-state index is 0.442. The Kier molecular flexibility index (Phi) is 6.18. The van der Waals surface area contributed by atoms with Gasteiger partial charge in [-0.2, -0.15) is 0 Å². The Morgan fingerprint density at radius 2 is 2.00 bits per heavy atom. The summed E-state index contributed by atoms with van der Waals surface area (Å²) in [6.45, 7) is 5.87. The van der Waals surface area contributed by atoms with Gasteiger partial charge in [0.25, 0.3) is 0 Å². The molecule has 1 saturated carbocycles. The zero-order chi connectivity index (χ0) is 14.4. The first-order valence-electron chi connectivity index (χ1n) is 7.80. The second kappa shape index (κ2) is 7.90. The maximum atomic E-state index is 6.31. The molecule has 0 spiro atoms. The Morgan fingerprint density at radius 1 is 1.25 bits per heavy atom. The van der Waals surface area contributed by atoms with Crippen LogP contribution >= 0.6 is 11.6 Å². The lowest BCUT2D eigenvalue weighted by atomic mass is 9.90. The van der Waals surface area contributed by atoms with Crippen molar-refractivity contribution in [2.24, 2.45) is 5.92 Å². The Balaban J connectivity index is 1.96. The number of ether oxygens (including phenoxy) is 1. The van der Waals surface area contributed by atoms with Gasteiger partial charge in [-0.25, -0.2) is 0 Å². The van der Waals surface area contributed by atoms with E-state index in [0.29, 0.717) is 12.0 Å². The van der Waals surface area contributed by atoms with E-state index in [9.17, 15) is 0 Å². The first-order chi connectivity index (χ1) is 9.66. The van der Waals surface area contributed by atoms with Crippen LogP contribution in [0.1, 0.15) is 51.5 Å². The molecule has 1 N–H and O–H groups in total. The van der Waals surface area contributed by atoms with E-state index in [1.165, 1.54) is 32.1 Å². The summed E-state index contributed by atoms with van der Waals surface area (Å²) in [4.78, 5) is 0. The molecule has 1 aromatic rings. The highest BCUT2D eigenvalue weighted by atomic mass is 35.5. The van der Waals surface area contributed by atoms with E-state index in [0.717, 1.165) is 29.5 Å². The highest BCUT2D eigenvalue weighted by Gasteiger charge is 2.15. The summed E-state index contributed by atoms with van der Waals surface area (Å²) in [7, 11) is 0. The number of benzene rings is 1. The Bertz CT molecular complexity index is 413. The summed E-state index contributed by atoms with van der Waals surface area (Å²) in [5.41, 5.74) is 1.08. The van der Waals surface area contributed by atoms with E-state index in [4.69, 9.17) is 16.3 Å². The second-order valence-electron chi connectivity index (χ2n) is 6.07. The van der Waals surface area contributed by atoms with Crippen LogP contribution in [0.2, 0.25) is 5.02 Å². The summed E-state index contributed by atoms with van der Waals surface area (Å²) in [6, 6.07) is 6.38. The third-order valence-electron chi connectivity index (χ3n) is 3.96. The summed E-state index contributed by atoms with van der Waals surface area (Å²) < 4.78 is 6.07. The van der Waals surface area contributed by atoms with Crippen molar-refractivity contribution in [2.45, 2.75) is 58.5 Å². The quantitative estimate of drug-likeness (QED) is 0.814. The lowest BCUT2D eigenvalue weighted by molar-refractivity contribution is 0.207. The summed E-state index contributed by atoms with van der Waals surface area (Å²) in [5.74, 6) is 1.66. The molecule has 0 bridgehead atoms. The fourth-order valence-electron chi connectivity index (χ4n) is 2.71. The second-order valence-corrected chi connectivity index (χ2v) is 6.47. The maximum absolute atomic E-state index is 6.31. The first-order valence-corrected chi connectivity index (χ1v) is 8.18. The molecule has 1 aromatic carbocycles. The molecule has 0 saturated heterocycles. The van der Waals surface area contributed by atoms with Gasteiger partial charge < -0.3 is 10.1 Å². The predicted octanol–water partition coefficient (Wildman–Crippen LogP) is 4.80. The fourth-order valence-corrected chi connectivity index (χ4v) is 2.95. The molecule has 112 valence electrons. The molecule has 0 radical (unpaired) electrons. The summed E-state index contributed by atoms with van der Waals surface area (Å²) in [6.07, 6.45) is 6.70. The number of rotatable bonds is 6. The van der Waals surface area contributed by atoms with Crippen LogP contribution in [0.5, 0.6) is 5.75 Å². The Morgan fingerprint density at radius 3 is 2.70 bits per heavy atom. The number of nitrogens with one attached hydrogen (secondary N) is 1. The van der Waals surface area contributed by atoms with E-state index in [-0.39, 0.29) is 0 Å². The topological polar surface area (TPSA) is 21.3 Å². The van der Waals surface area contributed by atoms with E-state index in [1.807, 2.05) is 18.2 Å². The minimum atomic E-state index is 0.442. The predicted molar refractivity (Wildman–Crippen MR) is 85.5 cm³/mol. The maximum Gasteiger partial charge on any atom is 0.125 e. The molecule has 1 aliphatic carbocycles. The SMILES string of the molecule is CC(C)NCc1c(Cl)cccc1OCC1CCCCC1. The molecule has 0 aliphatic heterocycles. The number of hydrogen-bond acceptors (Lipinski definition) is 2. The summed E-state index contributed by atoms with van der Waals surface area (Å²) >= 11 is 6.31. The zero-order valence-corrected chi connectivity index (χ0v) is 13.4. The van der Waals surface area contributed by atoms with Crippen molar-refractivity contribution in [1.29, 1.82) is 0 Å². The lowest BCUT2D eigenvalue weighted by Gasteiger charge is -2.23. The monoisotopic (exact) mass is 295 g/mol. The van der Waals surface area contributed by atoms with Gasteiger partial charge in [-0.05, 0) is 30.9 Å². The van der Waals surface area contributed by atoms with Gasteiger partial charge in [-0.1, -0.05) is 50.8 Å². The molecule has 0 amide bonds. The van der Waals surface area contributed by atoms with Gasteiger partial charge in [-0.15, -0.1) is 0 Å². The van der Waals surface area contributed by atoms with Crippen molar-refractivity contribution < 1.29 is 4.74 Å². The molecule has 1 fully saturated rings. The standard InChI is InChI=1S/C17H26ClNO/c1-13(2)19-11-15-16(18)9-6-10-17(15)20-12-14-7-4-3-5-8-14/h6,9-10,13-14,19H,3-5,7-8,11-12H2,1-2H3. The molecular formula is C17H26ClNO. The van der Waals surface area contributed by atoms with E-state index >= 15 is 0 Å². The van der Waals surface area contributed by atoms with Gasteiger partial charge in [0.2, 0.25) is 0 Å². The van der Waals surface area contributed by atoms with Crippen molar-refractivity contribution in [3.63, 3.8) is 0 Å². The van der Waals surface area contributed by atoms with Crippen LogP contribution in [0.4, 0.5) is 0 Å². The van der Waals surface area contributed by atoms with Crippen LogP contribution in [-0.4, -0.2) is 12.6 Å². The van der Waals surface area contributed by atoms with E-state index in [2.05, 4.69) is 19.2 Å². The van der Waals surface area contributed by atoms with Gasteiger partial charge >= 0.3 is 0 Å². The molecule has 3 heteroatoms.